The maximum atomic E-state index is 5.90. The van der Waals surface area contributed by atoms with Gasteiger partial charge in [0, 0.05) is 24.2 Å². The zero-order chi connectivity index (χ0) is 9.10. The van der Waals surface area contributed by atoms with Crippen molar-refractivity contribution in [2.75, 3.05) is 0 Å². The van der Waals surface area contributed by atoms with Gasteiger partial charge >= 0.3 is 0 Å². The van der Waals surface area contributed by atoms with Crippen molar-refractivity contribution < 1.29 is 0 Å². The van der Waals surface area contributed by atoms with E-state index >= 15 is 0 Å². The van der Waals surface area contributed by atoms with Gasteiger partial charge in [0.05, 0.1) is 24.1 Å². The molecule has 2 heterocycles. The third-order valence-corrected chi connectivity index (χ3v) is 1.78. The molecule has 2 aromatic heterocycles. The summed E-state index contributed by atoms with van der Waals surface area (Å²) in [6.07, 6.45) is 8.32. The summed E-state index contributed by atoms with van der Waals surface area (Å²) in [5, 5.41) is 6.52. The summed E-state index contributed by atoms with van der Waals surface area (Å²) >= 11 is 0. The Hall–Kier alpha value is -1.75. The average Bonchev–Trinajstić information content (AvgIpc) is 2.71. The van der Waals surface area contributed by atoms with E-state index in [0.29, 0.717) is 0 Å². The number of aromatic nitrogens is 4. The van der Waals surface area contributed by atoms with Crippen LogP contribution in [0.4, 0.5) is 0 Å². The molecule has 0 aromatic carbocycles. The van der Waals surface area contributed by atoms with Gasteiger partial charge in [0.25, 0.3) is 0 Å². The lowest BCUT2D eigenvalue weighted by Crippen LogP contribution is -2.12. The number of H-pyrrole nitrogens is 1. The molecule has 0 aliphatic rings. The highest BCUT2D eigenvalue weighted by Gasteiger charge is 2.10. The Bertz CT molecular complexity index is 355. The van der Waals surface area contributed by atoms with E-state index in [0.717, 1.165) is 11.3 Å². The van der Waals surface area contributed by atoms with Crippen molar-refractivity contribution >= 4 is 0 Å². The normalized spacial score (nSPS) is 12.7. The highest BCUT2D eigenvalue weighted by molar-refractivity contribution is 5.20. The van der Waals surface area contributed by atoms with Crippen LogP contribution in [0.2, 0.25) is 0 Å². The monoisotopic (exact) mass is 175 g/mol. The fourth-order valence-electron chi connectivity index (χ4n) is 1.07. The molecule has 0 spiro atoms. The Labute approximate surface area is 75.0 Å². The summed E-state index contributed by atoms with van der Waals surface area (Å²) in [5.41, 5.74) is 7.54. The van der Waals surface area contributed by atoms with Crippen LogP contribution < -0.4 is 5.73 Å². The van der Waals surface area contributed by atoms with Crippen LogP contribution in [0.15, 0.2) is 31.0 Å². The molecule has 66 valence electrons. The summed E-state index contributed by atoms with van der Waals surface area (Å²) in [6, 6.07) is -0.257. The number of hydrogen-bond donors (Lipinski definition) is 2. The van der Waals surface area contributed by atoms with Gasteiger partial charge in [0.1, 0.15) is 0 Å². The standard InChI is InChI=1S/C8H9N5/c9-8(6-3-12-13-4-6)7-5-10-1-2-11-7/h1-5,8H,9H2,(H,12,13). The SMILES string of the molecule is NC(c1cn[nH]c1)c1cnccn1. The molecule has 2 rings (SSSR count). The Morgan fingerprint density at radius 1 is 1.31 bits per heavy atom. The highest BCUT2D eigenvalue weighted by atomic mass is 15.1. The molecule has 0 aliphatic heterocycles. The summed E-state index contributed by atoms with van der Waals surface area (Å²) < 4.78 is 0. The average molecular weight is 175 g/mol. The summed E-state index contributed by atoms with van der Waals surface area (Å²) in [5.74, 6) is 0. The molecule has 0 saturated heterocycles. The van der Waals surface area contributed by atoms with Crippen LogP contribution in [0, 0.1) is 0 Å². The van der Waals surface area contributed by atoms with E-state index in [1.807, 2.05) is 0 Å². The first-order chi connectivity index (χ1) is 6.38. The zero-order valence-corrected chi connectivity index (χ0v) is 6.88. The third kappa shape index (κ3) is 1.54. The van der Waals surface area contributed by atoms with Crippen LogP contribution in [0.25, 0.3) is 0 Å². The molecule has 0 aliphatic carbocycles. The Kier molecular flexibility index (Phi) is 2.01. The second-order valence-corrected chi connectivity index (χ2v) is 2.64. The van der Waals surface area contributed by atoms with Crippen molar-refractivity contribution in [3.05, 3.63) is 42.2 Å². The molecule has 2 aromatic rings. The first kappa shape index (κ1) is 7.88. The van der Waals surface area contributed by atoms with E-state index in [1.54, 1.807) is 31.0 Å². The molecule has 1 unspecified atom stereocenters. The minimum absolute atomic E-state index is 0.257. The Balaban J connectivity index is 2.29. The summed E-state index contributed by atoms with van der Waals surface area (Å²) in [4.78, 5) is 8.05. The Morgan fingerprint density at radius 2 is 2.23 bits per heavy atom. The highest BCUT2D eigenvalue weighted by Crippen LogP contribution is 2.13. The number of hydrogen-bond acceptors (Lipinski definition) is 4. The van der Waals surface area contributed by atoms with Gasteiger partial charge in [-0.15, -0.1) is 0 Å². The van der Waals surface area contributed by atoms with Gasteiger partial charge in [-0.3, -0.25) is 15.1 Å². The van der Waals surface area contributed by atoms with E-state index < -0.39 is 0 Å². The maximum Gasteiger partial charge on any atom is 0.0800 e. The van der Waals surface area contributed by atoms with Gasteiger partial charge < -0.3 is 5.73 Å². The minimum atomic E-state index is -0.257. The maximum absolute atomic E-state index is 5.90. The van der Waals surface area contributed by atoms with Gasteiger partial charge in [0.15, 0.2) is 0 Å². The molecular weight excluding hydrogens is 166 g/mol. The second kappa shape index (κ2) is 3.32. The van der Waals surface area contributed by atoms with Gasteiger partial charge in [-0.1, -0.05) is 0 Å². The largest absolute Gasteiger partial charge is 0.319 e. The number of nitrogens with zero attached hydrogens (tertiary/aromatic N) is 3. The van der Waals surface area contributed by atoms with Crippen molar-refractivity contribution in [2.24, 2.45) is 5.73 Å². The summed E-state index contributed by atoms with van der Waals surface area (Å²) in [7, 11) is 0. The smallest absolute Gasteiger partial charge is 0.0800 e. The quantitative estimate of drug-likeness (QED) is 0.685. The van der Waals surface area contributed by atoms with Crippen LogP contribution in [0.5, 0.6) is 0 Å². The number of aromatic amines is 1. The van der Waals surface area contributed by atoms with E-state index in [2.05, 4.69) is 20.2 Å². The lowest BCUT2D eigenvalue weighted by molar-refractivity contribution is 0.818. The second-order valence-electron chi connectivity index (χ2n) is 2.64. The number of nitrogens with one attached hydrogen (secondary N) is 1. The predicted molar refractivity (Wildman–Crippen MR) is 46.7 cm³/mol. The fourth-order valence-corrected chi connectivity index (χ4v) is 1.07. The van der Waals surface area contributed by atoms with Crippen molar-refractivity contribution in [2.45, 2.75) is 6.04 Å². The first-order valence-corrected chi connectivity index (χ1v) is 3.88. The van der Waals surface area contributed by atoms with E-state index in [1.165, 1.54) is 0 Å². The molecule has 5 heteroatoms. The minimum Gasteiger partial charge on any atom is -0.319 e. The third-order valence-electron chi connectivity index (χ3n) is 1.78. The fraction of sp³-hybridized carbons (Fsp3) is 0.125. The van der Waals surface area contributed by atoms with Gasteiger partial charge in [-0.25, -0.2) is 0 Å². The topological polar surface area (TPSA) is 80.5 Å². The molecule has 5 nitrogen and oxygen atoms in total. The van der Waals surface area contributed by atoms with Crippen LogP contribution >= 0.6 is 0 Å². The van der Waals surface area contributed by atoms with E-state index in [9.17, 15) is 0 Å². The molecule has 0 amide bonds. The lowest BCUT2D eigenvalue weighted by atomic mass is 10.1. The molecule has 0 radical (unpaired) electrons. The van der Waals surface area contributed by atoms with Gasteiger partial charge in [0.2, 0.25) is 0 Å². The first-order valence-electron chi connectivity index (χ1n) is 3.88. The zero-order valence-electron chi connectivity index (χ0n) is 6.88. The van der Waals surface area contributed by atoms with Crippen LogP contribution in [-0.2, 0) is 0 Å². The molecule has 0 fully saturated rings. The van der Waals surface area contributed by atoms with Crippen molar-refractivity contribution in [1.29, 1.82) is 0 Å². The van der Waals surface area contributed by atoms with E-state index in [-0.39, 0.29) is 6.04 Å². The van der Waals surface area contributed by atoms with Crippen LogP contribution in [-0.4, -0.2) is 20.2 Å². The number of rotatable bonds is 2. The van der Waals surface area contributed by atoms with Crippen molar-refractivity contribution in [3.8, 4) is 0 Å². The lowest BCUT2D eigenvalue weighted by Gasteiger charge is -2.06. The summed E-state index contributed by atoms with van der Waals surface area (Å²) in [6.45, 7) is 0. The number of nitrogens with two attached hydrogens (primary N) is 1. The molecule has 13 heavy (non-hydrogen) atoms. The molecule has 0 saturated carbocycles. The molecule has 1 atom stereocenters. The van der Waals surface area contributed by atoms with Gasteiger partial charge in [-0.2, -0.15) is 5.10 Å². The molecule has 3 N–H and O–H groups in total. The van der Waals surface area contributed by atoms with Crippen molar-refractivity contribution in [1.82, 2.24) is 20.2 Å². The van der Waals surface area contributed by atoms with Gasteiger partial charge in [-0.05, 0) is 0 Å². The van der Waals surface area contributed by atoms with Crippen LogP contribution in [0.3, 0.4) is 0 Å². The van der Waals surface area contributed by atoms with Crippen LogP contribution in [0.1, 0.15) is 17.3 Å². The molecular formula is C8H9N5. The van der Waals surface area contributed by atoms with E-state index in [4.69, 9.17) is 5.73 Å². The Morgan fingerprint density at radius 3 is 2.85 bits per heavy atom. The molecule has 0 bridgehead atoms. The predicted octanol–water partition coefficient (Wildman–Crippen LogP) is 0.248. The van der Waals surface area contributed by atoms with Crippen molar-refractivity contribution in [3.63, 3.8) is 0 Å².